The molecule has 5 nitrogen and oxygen atoms in total. The number of benzene rings is 1. The van der Waals surface area contributed by atoms with Crippen molar-refractivity contribution >= 4 is 21.6 Å². The Morgan fingerprint density at radius 1 is 1.53 bits per heavy atom. The Kier molecular flexibility index (Phi) is 5.20. The zero-order valence-corrected chi connectivity index (χ0v) is 12.1. The van der Waals surface area contributed by atoms with E-state index in [1.807, 2.05) is 0 Å². The van der Waals surface area contributed by atoms with Crippen LogP contribution in [0.5, 0.6) is 5.75 Å². The molecule has 0 fully saturated rings. The number of rotatable bonds is 5. The molecule has 7 heteroatoms. The van der Waals surface area contributed by atoms with E-state index in [0.717, 1.165) is 4.31 Å². The van der Waals surface area contributed by atoms with Crippen molar-refractivity contribution in [2.24, 2.45) is 0 Å². The van der Waals surface area contributed by atoms with E-state index in [0.29, 0.717) is 5.56 Å². The Balaban J connectivity index is 3.50. The molecule has 0 saturated heterocycles. The number of ether oxygens (including phenoxy) is 1. The van der Waals surface area contributed by atoms with Gasteiger partial charge in [-0.15, -0.1) is 6.42 Å². The molecule has 0 saturated carbocycles. The molecule has 0 atom stereocenters. The maximum Gasteiger partial charge on any atom is 0.247 e. The first-order valence-electron chi connectivity index (χ1n) is 5.25. The summed E-state index contributed by atoms with van der Waals surface area (Å²) in [5, 5.41) is 9.42. The molecule has 1 aromatic rings. The van der Waals surface area contributed by atoms with Crippen LogP contribution < -0.4 is 4.74 Å². The van der Waals surface area contributed by atoms with E-state index < -0.39 is 10.0 Å². The highest BCUT2D eigenvalue weighted by atomic mass is 35.5. The largest absolute Gasteiger partial charge is 0.495 e. The first kappa shape index (κ1) is 15.8. The van der Waals surface area contributed by atoms with Gasteiger partial charge in [-0.05, 0) is 12.1 Å². The first-order valence-corrected chi connectivity index (χ1v) is 7.07. The fourth-order valence-corrected chi connectivity index (χ4v) is 3.16. The van der Waals surface area contributed by atoms with E-state index in [-0.39, 0.29) is 28.8 Å². The van der Waals surface area contributed by atoms with Crippen molar-refractivity contribution in [3.05, 3.63) is 22.7 Å². The Morgan fingerprint density at radius 3 is 2.63 bits per heavy atom. The monoisotopic (exact) mass is 303 g/mol. The lowest BCUT2D eigenvalue weighted by molar-refractivity contribution is 0.272. The zero-order valence-electron chi connectivity index (χ0n) is 10.6. The van der Waals surface area contributed by atoms with Crippen LogP contribution in [-0.2, 0) is 16.6 Å². The number of methoxy groups -OCH3 is 1. The maximum atomic E-state index is 12.3. The van der Waals surface area contributed by atoms with Crippen molar-refractivity contribution < 1.29 is 18.3 Å². The zero-order chi connectivity index (χ0) is 14.6. The number of hydrogen-bond donors (Lipinski definition) is 1. The minimum Gasteiger partial charge on any atom is -0.495 e. The van der Waals surface area contributed by atoms with Crippen molar-refractivity contribution in [1.82, 2.24) is 4.31 Å². The van der Waals surface area contributed by atoms with Crippen LogP contribution in [0.4, 0.5) is 0 Å². The number of terminal acetylenes is 1. The third kappa shape index (κ3) is 3.19. The average Bonchev–Trinajstić information content (AvgIpc) is 2.37. The molecule has 0 aliphatic heterocycles. The van der Waals surface area contributed by atoms with Crippen LogP contribution in [0, 0.1) is 12.3 Å². The standard InChI is InChI=1S/C12H14ClNO4S/c1-4-5-14(2)19(16,17)11-7-10(13)6-9(8-15)12(11)18-3/h1,6-7,15H,5,8H2,2-3H3. The highest BCUT2D eigenvalue weighted by molar-refractivity contribution is 7.89. The molecule has 0 aliphatic carbocycles. The van der Waals surface area contributed by atoms with Crippen LogP contribution in [0.2, 0.25) is 5.02 Å². The van der Waals surface area contributed by atoms with Crippen LogP contribution >= 0.6 is 11.6 Å². The topological polar surface area (TPSA) is 66.8 Å². The third-order valence-corrected chi connectivity index (χ3v) is 4.50. The summed E-state index contributed by atoms with van der Waals surface area (Å²) in [5.41, 5.74) is 0.294. The highest BCUT2D eigenvalue weighted by Crippen LogP contribution is 2.33. The second-order valence-corrected chi connectivity index (χ2v) is 6.17. The number of nitrogens with zero attached hydrogens (tertiary/aromatic N) is 1. The summed E-state index contributed by atoms with van der Waals surface area (Å²) in [7, 11) is -1.15. The van der Waals surface area contributed by atoms with Crippen LogP contribution in [0.25, 0.3) is 0 Å². The van der Waals surface area contributed by atoms with Gasteiger partial charge in [0.15, 0.2) is 0 Å². The molecule has 0 heterocycles. The van der Waals surface area contributed by atoms with E-state index in [4.69, 9.17) is 22.8 Å². The molecule has 19 heavy (non-hydrogen) atoms. The van der Waals surface area contributed by atoms with Crippen molar-refractivity contribution in [3.8, 4) is 18.1 Å². The Morgan fingerprint density at radius 2 is 2.16 bits per heavy atom. The molecular formula is C12H14ClNO4S. The van der Waals surface area contributed by atoms with Crippen molar-refractivity contribution in [2.45, 2.75) is 11.5 Å². The lowest BCUT2D eigenvalue weighted by atomic mass is 10.2. The lowest BCUT2D eigenvalue weighted by Gasteiger charge is -2.18. The molecule has 0 aliphatic rings. The Bertz CT molecular complexity index is 607. The summed E-state index contributed by atoms with van der Waals surface area (Å²) >= 11 is 5.86. The van der Waals surface area contributed by atoms with E-state index in [1.165, 1.54) is 26.3 Å². The molecule has 0 amide bonds. The number of aliphatic hydroxyl groups is 1. The van der Waals surface area contributed by atoms with Gasteiger partial charge < -0.3 is 9.84 Å². The molecule has 0 unspecified atom stereocenters. The summed E-state index contributed by atoms with van der Waals surface area (Å²) in [6.07, 6.45) is 5.11. The first-order chi connectivity index (χ1) is 8.88. The molecule has 0 bridgehead atoms. The smallest absolute Gasteiger partial charge is 0.247 e. The maximum absolute atomic E-state index is 12.3. The number of halogens is 1. The van der Waals surface area contributed by atoms with E-state index >= 15 is 0 Å². The van der Waals surface area contributed by atoms with Gasteiger partial charge in [-0.1, -0.05) is 17.5 Å². The predicted octanol–water partition coefficient (Wildman–Crippen LogP) is 1.09. The van der Waals surface area contributed by atoms with Gasteiger partial charge in [0.2, 0.25) is 10.0 Å². The summed E-state index contributed by atoms with van der Waals surface area (Å²) in [6.45, 7) is -0.461. The molecule has 1 aromatic carbocycles. The summed E-state index contributed by atoms with van der Waals surface area (Å²) < 4.78 is 30.7. The molecular weight excluding hydrogens is 290 g/mol. The van der Waals surface area contributed by atoms with Crippen molar-refractivity contribution in [1.29, 1.82) is 0 Å². The Labute approximate surface area is 117 Å². The molecule has 1 N–H and O–H groups in total. The van der Waals surface area contributed by atoms with Gasteiger partial charge in [0.1, 0.15) is 10.6 Å². The molecule has 0 radical (unpaired) electrons. The van der Waals surface area contributed by atoms with Gasteiger partial charge in [0.25, 0.3) is 0 Å². The fourth-order valence-electron chi connectivity index (χ4n) is 1.54. The van der Waals surface area contributed by atoms with Crippen molar-refractivity contribution in [3.63, 3.8) is 0 Å². The Hall–Kier alpha value is -1.26. The van der Waals surface area contributed by atoms with Crippen LogP contribution in [0.3, 0.4) is 0 Å². The lowest BCUT2D eigenvalue weighted by Crippen LogP contribution is -2.27. The highest BCUT2D eigenvalue weighted by Gasteiger charge is 2.26. The molecule has 0 aromatic heterocycles. The normalized spacial score (nSPS) is 11.4. The summed E-state index contributed by atoms with van der Waals surface area (Å²) in [4.78, 5) is -0.121. The van der Waals surface area contributed by atoms with Crippen LogP contribution in [0.1, 0.15) is 5.56 Å². The van der Waals surface area contributed by atoms with Gasteiger partial charge in [-0.25, -0.2) is 8.42 Å². The van der Waals surface area contributed by atoms with E-state index in [1.54, 1.807) is 0 Å². The molecule has 0 spiro atoms. The van der Waals surface area contributed by atoms with Crippen LogP contribution in [-0.4, -0.2) is 38.5 Å². The van der Waals surface area contributed by atoms with E-state index in [2.05, 4.69) is 5.92 Å². The number of sulfonamides is 1. The average molecular weight is 304 g/mol. The quantitative estimate of drug-likeness (QED) is 0.827. The number of aliphatic hydroxyl groups excluding tert-OH is 1. The van der Waals surface area contributed by atoms with Gasteiger partial charge in [-0.2, -0.15) is 4.31 Å². The third-order valence-electron chi connectivity index (χ3n) is 2.47. The molecule has 104 valence electrons. The summed E-state index contributed by atoms with van der Waals surface area (Å²) in [5.74, 6) is 2.31. The second kappa shape index (κ2) is 6.26. The predicted molar refractivity (Wildman–Crippen MR) is 72.6 cm³/mol. The second-order valence-electron chi connectivity index (χ2n) is 3.72. The SMILES string of the molecule is C#CCN(C)S(=O)(=O)c1cc(Cl)cc(CO)c1OC. The minimum atomic E-state index is -3.83. The van der Waals surface area contributed by atoms with E-state index in [9.17, 15) is 13.5 Å². The number of hydrogen-bond acceptors (Lipinski definition) is 4. The van der Waals surface area contributed by atoms with Gasteiger partial charge in [-0.3, -0.25) is 0 Å². The van der Waals surface area contributed by atoms with Crippen LogP contribution in [0.15, 0.2) is 17.0 Å². The van der Waals surface area contributed by atoms with Gasteiger partial charge in [0, 0.05) is 17.6 Å². The molecule has 1 rings (SSSR count). The van der Waals surface area contributed by atoms with Gasteiger partial charge in [0.05, 0.1) is 20.3 Å². The van der Waals surface area contributed by atoms with Crippen molar-refractivity contribution in [2.75, 3.05) is 20.7 Å². The fraction of sp³-hybridized carbons (Fsp3) is 0.333. The minimum absolute atomic E-state index is 0.0655. The van der Waals surface area contributed by atoms with Gasteiger partial charge >= 0.3 is 0 Å². The summed E-state index contributed by atoms with van der Waals surface area (Å²) in [6, 6.07) is 2.71.